The second-order valence-electron chi connectivity index (χ2n) is 6.45. The number of aryl methyl sites for hydroxylation is 2. The summed E-state index contributed by atoms with van der Waals surface area (Å²) in [4.78, 5) is 20.9. The number of ether oxygens (including phenoxy) is 1. The Hall–Kier alpha value is -3.28. The molecule has 0 radical (unpaired) electrons. The highest BCUT2D eigenvalue weighted by Crippen LogP contribution is 2.27. The summed E-state index contributed by atoms with van der Waals surface area (Å²) in [6, 6.07) is 10.7. The molecule has 0 saturated heterocycles. The van der Waals surface area contributed by atoms with Crippen molar-refractivity contribution in [2.75, 3.05) is 13.7 Å². The molecule has 28 heavy (non-hydrogen) atoms. The van der Waals surface area contributed by atoms with Gasteiger partial charge in [0, 0.05) is 24.5 Å². The molecule has 0 atom stereocenters. The van der Waals surface area contributed by atoms with Crippen LogP contribution in [0.3, 0.4) is 0 Å². The van der Waals surface area contributed by atoms with E-state index in [1.165, 1.54) is 12.3 Å². The number of halogens is 1. The topological polar surface area (TPSA) is 64.1 Å². The number of carbonyl (C=O) groups is 1. The number of aromatic nitrogens is 2. The van der Waals surface area contributed by atoms with Gasteiger partial charge in [-0.15, -0.1) is 0 Å². The van der Waals surface area contributed by atoms with Crippen molar-refractivity contribution in [3.8, 4) is 17.0 Å². The summed E-state index contributed by atoms with van der Waals surface area (Å²) in [5.41, 5.74) is 3.78. The molecule has 5 nitrogen and oxygen atoms in total. The Morgan fingerprint density at radius 3 is 2.82 bits per heavy atom. The molecule has 0 aliphatic rings. The van der Waals surface area contributed by atoms with Gasteiger partial charge < -0.3 is 10.1 Å². The first kappa shape index (κ1) is 19.5. The van der Waals surface area contributed by atoms with Crippen LogP contribution in [-0.2, 0) is 6.42 Å². The summed E-state index contributed by atoms with van der Waals surface area (Å²) in [7, 11) is 1.63. The van der Waals surface area contributed by atoms with Crippen molar-refractivity contribution in [3.05, 3.63) is 77.5 Å². The molecule has 0 spiro atoms. The lowest BCUT2D eigenvalue weighted by Crippen LogP contribution is -2.25. The van der Waals surface area contributed by atoms with Gasteiger partial charge in [-0.25, -0.2) is 4.39 Å². The number of benzene rings is 1. The number of carbonyl (C=O) groups excluding carboxylic acids is 1. The molecule has 2 aromatic heterocycles. The molecule has 0 aliphatic heterocycles. The van der Waals surface area contributed by atoms with Crippen LogP contribution in [0.1, 0.15) is 27.9 Å². The van der Waals surface area contributed by atoms with Gasteiger partial charge in [0.15, 0.2) is 0 Å². The number of amides is 1. The highest BCUT2D eigenvalue weighted by atomic mass is 19.1. The van der Waals surface area contributed by atoms with Gasteiger partial charge in [0.25, 0.3) is 5.91 Å². The first-order chi connectivity index (χ1) is 13.6. The van der Waals surface area contributed by atoms with Crippen molar-refractivity contribution in [2.24, 2.45) is 0 Å². The van der Waals surface area contributed by atoms with Crippen molar-refractivity contribution in [2.45, 2.75) is 19.8 Å². The van der Waals surface area contributed by atoms with E-state index in [-0.39, 0.29) is 11.7 Å². The van der Waals surface area contributed by atoms with Crippen molar-refractivity contribution >= 4 is 5.91 Å². The highest BCUT2D eigenvalue weighted by molar-refractivity contribution is 5.99. The van der Waals surface area contributed by atoms with E-state index in [2.05, 4.69) is 15.3 Å². The Bertz CT molecular complexity index is 976. The molecular weight excluding hydrogens is 357 g/mol. The fourth-order valence-electron chi connectivity index (χ4n) is 3.03. The number of pyridine rings is 2. The minimum Gasteiger partial charge on any atom is -0.496 e. The maximum atomic E-state index is 13.2. The van der Waals surface area contributed by atoms with Crippen LogP contribution in [0.15, 0.2) is 55.0 Å². The Kier molecular flexibility index (Phi) is 6.32. The van der Waals surface area contributed by atoms with Crippen LogP contribution in [0, 0.1) is 12.7 Å². The van der Waals surface area contributed by atoms with Gasteiger partial charge in [0.05, 0.1) is 24.6 Å². The van der Waals surface area contributed by atoms with E-state index in [1.807, 2.05) is 25.1 Å². The number of nitrogens with zero attached hydrogens (tertiary/aromatic N) is 2. The molecule has 1 amide bonds. The largest absolute Gasteiger partial charge is 0.496 e. The Balaban J connectivity index is 1.66. The fraction of sp³-hybridized carbons (Fsp3) is 0.227. The molecule has 1 N–H and O–H groups in total. The number of nitrogens with one attached hydrogen (secondary N) is 1. The molecule has 0 unspecified atom stereocenters. The van der Waals surface area contributed by atoms with Crippen LogP contribution >= 0.6 is 0 Å². The van der Waals surface area contributed by atoms with Gasteiger partial charge in [0.2, 0.25) is 0 Å². The zero-order valence-corrected chi connectivity index (χ0v) is 15.9. The predicted octanol–water partition coefficient (Wildman–Crippen LogP) is 3.96. The molecule has 3 aromatic rings. The lowest BCUT2D eigenvalue weighted by molar-refractivity contribution is 0.0953. The van der Waals surface area contributed by atoms with Crippen LogP contribution in [0.5, 0.6) is 5.75 Å². The van der Waals surface area contributed by atoms with Crippen LogP contribution in [0.2, 0.25) is 0 Å². The smallest absolute Gasteiger partial charge is 0.253 e. The van der Waals surface area contributed by atoms with Crippen molar-refractivity contribution in [1.29, 1.82) is 0 Å². The fourth-order valence-corrected chi connectivity index (χ4v) is 3.03. The van der Waals surface area contributed by atoms with Gasteiger partial charge in [0.1, 0.15) is 11.6 Å². The summed E-state index contributed by atoms with van der Waals surface area (Å²) in [6.07, 6.45) is 5.81. The van der Waals surface area contributed by atoms with E-state index in [4.69, 9.17) is 4.74 Å². The summed E-state index contributed by atoms with van der Waals surface area (Å²) in [5, 5.41) is 2.91. The molecule has 0 aliphatic carbocycles. The average molecular weight is 379 g/mol. The van der Waals surface area contributed by atoms with Gasteiger partial charge in [-0.05, 0) is 67.3 Å². The number of rotatable bonds is 7. The molecule has 2 heterocycles. The lowest BCUT2D eigenvalue weighted by atomic mass is 10.0. The standard InChI is InChI=1S/C22H22FN3O2/c1-15-11-17(7-8-20(15)28-2)21-19(6-4-9-25-21)22(27)26-10-3-5-16-12-18(23)14-24-13-16/h4,6-9,11-14H,3,5,10H2,1-2H3,(H,26,27). The van der Waals surface area contributed by atoms with Crippen LogP contribution in [0.25, 0.3) is 11.3 Å². The summed E-state index contributed by atoms with van der Waals surface area (Å²) in [5.74, 6) is 0.253. The highest BCUT2D eigenvalue weighted by Gasteiger charge is 2.14. The van der Waals surface area contributed by atoms with Crippen LogP contribution in [-0.4, -0.2) is 29.5 Å². The van der Waals surface area contributed by atoms with Gasteiger partial charge in [-0.3, -0.25) is 14.8 Å². The Morgan fingerprint density at radius 1 is 1.21 bits per heavy atom. The second-order valence-corrected chi connectivity index (χ2v) is 6.45. The molecule has 1 aromatic carbocycles. The minimum absolute atomic E-state index is 0.186. The van der Waals surface area contributed by atoms with Crippen molar-refractivity contribution in [3.63, 3.8) is 0 Å². The zero-order valence-electron chi connectivity index (χ0n) is 15.9. The summed E-state index contributed by atoms with van der Waals surface area (Å²) < 4.78 is 18.5. The summed E-state index contributed by atoms with van der Waals surface area (Å²) in [6.45, 7) is 2.43. The third-order valence-electron chi connectivity index (χ3n) is 4.41. The monoisotopic (exact) mass is 379 g/mol. The molecule has 0 bridgehead atoms. The van der Waals surface area contributed by atoms with Crippen LogP contribution < -0.4 is 10.1 Å². The SMILES string of the molecule is COc1ccc(-c2ncccc2C(=O)NCCCc2cncc(F)c2)cc1C. The predicted molar refractivity (Wildman–Crippen MR) is 106 cm³/mol. The van der Waals surface area contributed by atoms with Gasteiger partial charge in [-0.1, -0.05) is 0 Å². The maximum absolute atomic E-state index is 13.2. The Labute approximate surface area is 163 Å². The number of hydrogen-bond acceptors (Lipinski definition) is 4. The number of methoxy groups -OCH3 is 1. The van der Waals surface area contributed by atoms with E-state index in [1.54, 1.807) is 31.6 Å². The lowest BCUT2D eigenvalue weighted by Gasteiger charge is -2.11. The van der Waals surface area contributed by atoms with Crippen molar-refractivity contribution < 1.29 is 13.9 Å². The molecular formula is C22H22FN3O2. The normalized spacial score (nSPS) is 10.5. The van der Waals surface area contributed by atoms with E-state index in [0.29, 0.717) is 30.6 Å². The molecule has 0 saturated carbocycles. The third kappa shape index (κ3) is 4.71. The van der Waals surface area contributed by atoms with Gasteiger partial charge >= 0.3 is 0 Å². The van der Waals surface area contributed by atoms with E-state index < -0.39 is 0 Å². The average Bonchev–Trinajstić information content (AvgIpc) is 2.71. The molecule has 0 fully saturated rings. The van der Waals surface area contributed by atoms with E-state index >= 15 is 0 Å². The van der Waals surface area contributed by atoms with E-state index in [9.17, 15) is 9.18 Å². The molecule has 6 heteroatoms. The van der Waals surface area contributed by atoms with E-state index in [0.717, 1.165) is 22.4 Å². The maximum Gasteiger partial charge on any atom is 0.253 e. The Morgan fingerprint density at radius 2 is 2.07 bits per heavy atom. The summed E-state index contributed by atoms with van der Waals surface area (Å²) >= 11 is 0. The van der Waals surface area contributed by atoms with Crippen molar-refractivity contribution in [1.82, 2.24) is 15.3 Å². The molecule has 144 valence electrons. The zero-order chi connectivity index (χ0) is 19.9. The minimum atomic E-state index is -0.351. The quantitative estimate of drug-likeness (QED) is 0.631. The van der Waals surface area contributed by atoms with Gasteiger partial charge in [-0.2, -0.15) is 0 Å². The van der Waals surface area contributed by atoms with Crippen LogP contribution in [0.4, 0.5) is 4.39 Å². The number of hydrogen-bond donors (Lipinski definition) is 1. The first-order valence-corrected chi connectivity index (χ1v) is 9.06. The second kappa shape index (κ2) is 9.08. The first-order valence-electron chi connectivity index (χ1n) is 9.06. The third-order valence-corrected chi connectivity index (χ3v) is 4.41. The molecule has 3 rings (SSSR count).